The summed E-state index contributed by atoms with van der Waals surface area (Å²) in [6.45, 7) is 6.50. The van der Waals surface area contributed by atoms with Crippen LogP contribution in [0, 0.1) is 12.8 Å². The van der Waals surface area contributed by atoms with Crippen LogP contribution in [-0.4, -0.2) is 24.5 Å². The molecule has 0 saturated carbocycles. The van der Waals surface area contributed by atoms with Gasteiger partial charge in [0.25, 0.3) is 0 Å². The van der Waals surface area contributed by atoms with Crippen LogP contribution in [0.15, 0.2) is 24.3 Å². The second kappa shape index (κ2) is 5.46. The molecule has 0 aromatic heterocycles. The normalized spacial score (nSPS) is 18.9. The largest absolute Gasteiger partial charge is 0.330 e. The predicted molar refractivity (Wildman–Crippen MR) is 68.2 cm³/mol. The summed E-state index contributed by atoms with van der Waals surface area (Å²) in [5.41, 5.74) is 8.47. The van der Waals surface area contributed by atoms with Gasteiger partial charge >= 0.3 is 0 Å². The summed E-state index contributed by atoms with van der Waals surface area (Å²) < 4.78 is 0. The van der Waals surface area contributed by atoms with Crippen LogP contribution in [0.1, 0.15) is 24.0 Å². The quantitative estimate of drug-likeness (QED) is 0.842. The zero-order chi connectivity index (χ0) is 11.4. The van der Waals surface area contributed by atoms with Crippen molar-refractivity contribution in [3.63, 3.8) is 0 Å². The molecule has 1 aromatic carbocycles. The smallest absolute Gasteiger partial charge is 0.0233 e. The molecule has 16 heavy (non-hydrogen) atoms. The van der Waals surface area contributed by atoms with Crippen LogP contribution < -0.4 is 5.73 Å². The summed E-state index contributed by atoms with van der Waals surface area (Å²) in [6, 6.07) is 8.87. The molecule has 0 amide bonds. The third-order valence-corrected chi connectivity index (χ3v) is 3.57. The molecule has 2 rings (SSSR count). The Hall–Kier alpha value is -0.860. The molecule has 2 N–H and O–H groups in total. The van der Waals surface area contributed by atoms with E-state index in [9.17, 15) is 0 Å². The molecule has 0 bridgehead atoms. The number of aryl methyl sites for hydroxylation is 1. The molecule has 1 heterocycles. The van der Waals surface area contributed by atoms with E-state index in [1.54, 1.807) is 0 Å². The van der Waals surface area contributed by atoms with Crippen molar-refractivity contribution in [1.82, 2.24) is 4.90 Å². The van der Waals surface area contributed by atoms with Gasteiger partial charge in [-0.1, -0.05) is 29.8 Å². The van der Waals surface area contributed by atoms with E-state index in [4.69, 9.17) is 5.73 Å². The van der Waals surface area contributed by atoms with Crippen molar-refractivity contribution in [3.05, 3.63) is 35.4 Å². The van der Waals surface area contributed by atoms with E-state index in [0.29, 0.717) is 0 Å². The average molecular weight is 218 g/mol. The Morgan fingerprint density at radius 2 is 1.81 bits per heavy atom. The fourth-order valence-electron chi connectivity index (χ4n) is 2.33. The molecular formula is C14H22N2. The molecule has 0 spiro atoms. The Morgan fingerprint density at radius 1 is 1.19 bits per heavy atom. The highest BCUT2D eigenvalue weighted by Gasteiger charge is 2.17. The fraction of sp³-hybridized carbons (Fsp3) is 0.571. The molecule has 2 heteroatoms. The predicted octanol–water partition coefficient (Wildman–Crippen LogP) is 2.17. The minimum Gasteiger partial charge on any atom is -0.330 e. The zero-order valence-corrected chi connectivity index (χ0v) is 10.2. The molecule has 1 saturated heterocycles. The monoisotopic (exact) mass is 218 g/mol. The summed E-state index contributed by atoms with van der Waals surface area (Å²) >= 11 is 0. The molecule has 0 unspecified atom stereocenters. The third-order valence-electron chi connectivity index (χ3n) is 3.57. The van der Waals surface area contributed by atoms with Crippen LogP contribution in [0.5, 0.6) is 0 Å². The minimum atomic E-state index is 0.759. The first-order valence-corrected chi connectivity index (χ1v) is 6.26. The van der Waals surface area contributed by atoms with Gasteiger partial charge in [-0.15, -0.1) is 0 Å². The lowest BCUT2D eigenvalue weighted by Gasteiger charge is -2.31. The van der Waals surface area contributed by atoms with Crippen LogP contribution >= 0.6 is 0 Å². The van der Waals surface area contributed by atoms with Crippen molar-refractivity contribution in [2.24, 2.45) is 11.7 Å². The fourth-order valence-corrected chi connectivity index (χ4v) is 2.33. The molecule has 0 atom stereocenters. The standard InChI is InChI=1S/C14H22N2/c1-12-2-4-14(5-3-12)11-16-8-6-13(10-15)7-9-16/h2-5,13H,6-11,15H2,1H3. The van der Waals surface area contributed by atoms with Gasteiger partial charge in [0.05, 0.1) is 0 Å². The molecule has 0 radical (unpaired) electrons. The van der Waals surface area contributed by atoms with E-state index in [2.05, 4.69) is 36.1 Å². The lowest BCUT2D eigenvalue weighted by Crippen LogP contribution is -2.35. The lowest BCUT2D eigenvalue weighted by molar-refractivity contribution is 0.180. The summed E-state index contributed by atoms with van der Waals surface area (Å²) in [7, 11) is 0. The van der Waals surface area contributed by atoms with Crippen molar-refractivity contribution in [3.8, 4) is 0 Å². The highest BCUT2D eigenvalue weighted by Crippen LogP contribution is 2.17. The Kier molecular flexibility index (Phi) is 3.97. The number of nitrogens with zero attached hydrogens (tertiary/aromatic N) is 1. The summed E-state index contributed by atoms with van der Waals surface area (Å²) in [6.07, 6.45) is 2.53. The number of rotatable bonds is 3. The maximum absolute atomic E-state index is 5.70. The van der Waals surface area contributed by atoms with Gasteiger partial charge in [-0.3, -0.25) is 4.90 Å². The number of hydrogen-bond acceptors (Lipinski definition) is 2. The van der Waals surface area contributed by atoms with Crippen LogP contribution in [0.25, 0.3) is 0 Å². The SMILES string of the molecule is Cc1ccc(CN2CCC(CN)CC2)cc1. The van der Waals surface area contributed by atoms with E-state index in [1.807, 2.05) is 0 Å². The number of piperidine rings is 1. The Morgan fingerprint density at radius 3 is 2.38 bits per heavy atom. The number of benzene rings is 1. The first-order valence-electron chi connectivity index (χ1n) is 6.26. The summed E-state index contributed by atoms with van der Waals surface area (Å²) in [4.78, 5) is 2.54. The summed E-state index contributed by atoms with van der Waals surface area (Å²) in [5, 5.41) is 0. The van der Waals surface area contributed by atoms with Crippen LogP contribution in [-0.2, 0) is 6.54 Å². The van der Waals surface area contributed by atoms with Gasteiger partial charge in [-0.05, 0) is 50.9 Å². The van der Waals surface area contributed by atoms with Crippen molar-refractivity contribution in [2.45, 2.75) is 26.3 Å². The van der Waals surface area contributed by atoms with Gasteiger partial charge in [0.15, 0.2) is 0 Å². The number of likely N-dealkylation sites (tertiary alicyclic amines) is 1. The first-order chi connectivity index (χ1) is 7.78. The minimum absolute atomic E-state index is 0.759. The second-order valence-electron chi connectivity index (χ2n) is 4.94. The molecule has 1 aliphatic heterocycles. The van der Waals surface area contributed by atoms with Crippen LogP contribution in [0.3, 0.4) is 0 Å². The molecule has 0 aliphatic carbocycles. The number of hydrogen-bond donors (Lipinski definition) is 1. The number of nitrogens with two attached hydrogens (primary N) is 1. The van der Waals surface area contributed by atoms with Crippen molar-refractivity contribution in [2.75, 3.05) is 19.6 Å². The molecule has 1 aromatic rings. The Bertz CT molecular complexity index is 310. The van der Waals surface area contributed by atoms with Gasteiger partial charge in [-0.2, -0.15) is 0 Å². The topological polar surface area (TPSA) is 29.3 Å². The third kappa shape index (κ3) is 3.06. The molecule has 1 aliphatic rings. The Labute approximate surface area is 98.4 Å². The maximum atomic E-state index is 5.70. The first kappa shape index (κ1) is 11.6. The molecule has 88 valence electrons. The molecule has 1 fully saturated rings. The highest BCUT2D eigenvalue weighted by molar-refractivity contribution is 5.21. The van der Waals surface area contributed by atoms with E-state index in [1.165, 1.54) is 37.1 Å². The lowest BCUT2D eigenvalue weighted by atomic mass is 9.97. The van der Waals surface area contributed by atoms with E-state index in [0.717, 1.165) is 19.0 Å². The van der Waals surface area contributed by atoms with E-state index >= 15 is 0 Å². The van der Waals surface area contributed by atoms with Gasteiger partial charge in [0.1, 0.15) is 0 Å². The van der Waals surface area contributed by atoms with E-state index in [-0.39, 0.29) is 0 Å². The van der Waals surface area contributed by atoms with Gasteiger partial charge < -0.3 is 5.73 Å². The van der Waals surface area contributed by atoms with Gasteiger partial charge in [-0.25, -0.2) is 0 Å². The average Bonchev–Trinajstić information content (AvgIpc) is 2.33. The van der Waals surface area contributed by atoms with Gasteiger partial charge in [0, 0.05) is 6.54 Å². The van der Waals surface area contributed by atoms with Crippen LogP contribution in [0.2, 0.25) is 0 Å². The second-order valence-corrected chi connectivity index (χ2v) is 4.94. The Balaban J connectivity index is 1.84. The van der Waals surface area contributed by atoms with Crippen molar-refractivity contribution < 1.29 is 0 Å². The van der Waals surface area contributed by atoms with Crippen molar-refractivity contribution >= 4 is 0 Å². The maximum Gasteiger partial charge on any atom is 0.0233 e. The highest BCUT2D eigenvalue weighted by atomic mass is 15.1. The summed E-state index contributed by atoms with van der Waals surface area (Å²) in [5.74, 6) is 0.759. The van der Waals surface area contributed by atoms with E-state index < -0.39 is 0 Å². The molecule has 2 nitrogen and oxygen atoms in total. The molecular weight excluding hydrogens is 196 g/mol. The van der Waals surface area contributed by atoms with Gasteiger partial charge in [0.2, 0.25) is 0 Å². The van der Waals surface area contributed by atoms with Crippen LogP contribution in [0.4, 0.5) is 0 Å². The van der Waals surface area contributed by atoms with Crippen molar-refractivity contribution in [1.29, 1.82) is 0 Å². The zero-order valence-electron chi connectivity index (χ0n) is 10.2.